The molecule has 1 heterocycles. The molecule has 0 aromatic heterocycles. The van der Waals surface area contributed by atoms with Gasteiger partial charge in [0.15, 0.2) is 0 Å². The van der Waals surface area contributed by atoms with Crippen molar-refractivity contribution in [1.82, 2.24) is 10.2 Å². The number of carbonyl (C=O) groups excluding carboxylic acids is 1. The van der Waals surface area contributed by atoms with Crippen LogP contribution in [0.5, 0.6) is 0 Å². The van der Waals surface area contributed by atoms with Gasteiger partial charge in [0.05, 0.1) is 28.9 Å². The standard InChI is InChI=1S/C28H31F7N2O2/c1-15(17-11-18(27(30,31)32)13-19(12-17)28(33,34)35)39-23-10-9-21(24(23)16-5-7-20(29)8-6-16)22-14-26(2,37(3)4)25(38)36-22/h5-8,11-13,15,21-24H,9-10,14H2,1-4H3,(H,36,38)/t15-,21+,22-,23+,24+,26-/m1/s1. The quantitative estimate of drug-likeness (QED) is 0.400. The number of nitrogens with zero attached hydrogens (tertiary/aromatic N) is 1. The van der Waals surface area contributed by atoms with E-state index < -0.39 is 47.0 Å². The molecule has 214 valence electrons. The van der Waals surface area contributed by atoms with Crippen LogP contribution in [0.4, 0.5) is 30.7 Å². The summed E-state index contributed by atoms with van der Waals surface area (Å²) < 4.78 is 100. The summed E-state index contributed by atoms with van der Waals surface area (Å²) in [7, 11) is 3.62. The number of nitrogens with one attached hydrogen (secondary N) is 1. The second-order valence-electron chi connectivity index (χ2n) is 10.9. The van der Waals surface area contributed by atoms with Crippen LogP contribution in [0.2, 0.25) is 0 Å². The average molecular weight is 561 g/mol. The molecule has 1 N–H and O–H groups in total. The maximum atomic E-state index is 13.7. The molecule has 1 amide bonds. The molecule has 1 aliphatic carbocycles. The van der Waals surface area contributed by atoms with Crippen molar-refractivity contribution in [2.45, 2.75) is 75.2 Å². The summed E-state index contributed by atoms with van der Waals surface area (Å²) in [5.74, 6) is -1.07. The van der Waals surface area contributed by atoms with Crippen molar-refractivity contribution in [2.75, 3.05) is 14.1 Å². The predicted octanol–water partition coefficient (Wildman–Crippen LogP) is 6.71. The molecule has 0 spiro atoms. The first-order valence-corrected chi connectivity index (χ1v) is 12.7. The highest BCUT2D eigenvalue weighted by atomic mass is 19.4. The second-order valence-corrected chi connectivity index (χ2v) is 10.9. The Kier molecular flexibility index (Phi) is 7.81. The van der Waals surface area contributed by atoms with Gasteiger partial charge in [0.1, 0.15) is 5.82 Å². The number of likely N-dealkylation sites (N-methyl/N-ethyl adjacent to an activating group) is 1. The van der Waals surface area contributed by atoms with Crippen LogP contribution < -0.4 is 5.32 Å². The third-order valence-corrected chi connectivity index (χ3v) is 8.29. The molecule has 1 aliphatic heterocycles. The van der Waals surface area contributed by atoms with Crippen molar-refractivity contribution in [3.63, 3.8) is 0 Å². The summed E-state index contributed by atoms with van der Waals surface area (Å²) in [6.07, 6.45) is -10.0. The fraction of sp³-hybridized carbons (Fsp3) is 0.536. The van der Waals surface area contributed by atoms with E-state index in [2.05, 4.69) is 5.32 Å². The minimum atomic E-state index is -4.97. The summed E-state index contributed by atoms with van der Waals surface area (Å²) in [6.45, 7) is 3.26. The molecule has 2 aromatic rings. The summed E-state index contributed by atoms with van der Waals surface area (Å²) in [6, 6.07) is 7.01. The summed E-state index contributed by atoms with van der Waals surface area (Å²) in [5, 5.41) is 3.07. The van der Waals surface area contributed by atoms with E-state index in [-0.39, 0.29) is 35.4 Å². The Morgan fingerprint density at radius 2 is 1.54 bits per heavy atom. The zero-order valence-electron chi connectivity index (χ0n) is 22.0. The SMILES string of the molecule is C[C@@H](O[C@H]1CC[C@@H]([C@H]2C[C@@](C)(N(C)C)C(=O)N2)[C@@H]1c1ccc(F)cc1)c1cc(C(F)(F)F)cc(C(F)(F)F)c1. The number of hydrogen-bond donors (Lipinski definition) is 1. The normalized spacial score (nSPS) is 28.7. The largest absolute Gasteiger partial charge is 0.416 e. The van der Waals surface area contributed by atoms with Crippen LogP contribution in [-0.2, 0) is 21.9 Å². The van der Waals surface area contributed by atoms with Crippen molar-refractivity contribution < 1.29 is 40.3 Å². The van der Waals surface area contributed by atoms with Gasteiger partial charge in [-0.2, -0.15) is 26.3 Å². The van der Waals surface area contributed by atoms with Gasteiger partial charge in [-0.15, -0.1) is 0 Å². The Morgan fingerprint density at radius 3 is 2.03 bits per heavy atom. The lowest BCUT2D eigenvalue weighted by molar-refractivity contribution is -0.143. The number of halogens is 7. The molecule has 0 unspecified atom stereocenters. The van der Waals surface area contributed by atoms with E-state index in [9.17, 15) is 35.5 Å². The van der Waals surface area contributed by atoms with Crippen LogP contribution in [0.15, 0.2) is 42.5 Å². The molecular formula is C28H31F7N2O2. The number of benzene rings is 2. The molecule has 4 nitrogen and oxygen atoms in total. The van der Waals surface area contributed by atoms with Crippen LogP contribution in [0.3, 0.4) is 0 Å². The highest BCUT2D eigenvalue weighted by Gasteiger charge is 2.51. The Balaban J connectivity index is 1.65. The zero-order chi connectivity index (χ0) is 28.9. The van der Waals surface area contributed by atoms with E-state index >= 15 is 0 Å². The highest BCUT2D eigenvalue weighted by Crippen LogP contribution is 2.48. The van der Waals surface area contributed by atoms with Gasteiger partial charge in [-0.1, -0.05) is 12.1 Å². The van der Waals surface area contributed by atoms with Crippen molar-refractivity contribution in [1.29, 1.82) is 0 Å². The predicted molar refractivity (Wildman–Crippen MR) is 130 cm³/mol. The monoisotopic (exact) mass is 560 g/mol. The fourth-order valence-electron chi connectivity index (χ4n) is 5.84. The van der Waals surface area contributed by atoms with Crippen LogP contribution in [0, 0.1) is 11.7 Å². The maximum absolute atomic E-state index is 13.7. The Hall–Kier alpha value is -2.66. The third-order valence-electron chi connectivity index (χ3n) is 8.29. The lowest BCUT2D eigenvalue weighted by Crippen LogP contribution is -2.47. The summed E-state index contributed by atoms with van der Waals surface area (Å²) >= 11 is 0. The van der Waals surface area contributed by atoms with Gasteiger partial charge in [-0.05, 0) is 94.6 Å². The van der Waals surface area contributed by atoms with Crippen LogP contribution in [-0.4, -0.2) is 42.6 Å². The molecule has 2 aliphatic rings. The van der Waals surface area contributed by atoms with Crippen molar-refractivity contribution >= 4 is 5.91 Å². The third kappa shape index (κ3) is 5.94. The van der Waals surface area contributed by atoms with Gasteiger partial charge >= 0.3 is 12.4 Å². The van der Waals surface area contributed by atoms with E-state index in [0.717, 1.165) is 5.56 Å². The second kappa shape index (κ2) is 10.4. The number of alkyl halides is 6. The topological polar surface area (TPSA) is 41.6 Å². The Labute approximate surface area is 222 Å². The Bertz CT molecular complexity index is 1160. The number of ether oxygens (including phenoxy) is 1. The summed E-state index contributed by atoms with van der Waals surface area (Å²) in [4.78, 5) is 14.7. The number of hydrogen-bond acceptors (Lipinski definition) is 3. The van der Waals surface area contributed by atoms with E-state index in [1.807, 2.05) is 25.9 Å². The number of amides is 1. The Morgan fingerprint density at radius 1 is 0.974 bits per heavy atom. The van der Waals surface area contributed by atoms with Gasteiger partial charge in [-0.25, -0.2) is 4.39 Å². The highest BCUT2D eigenvalue weighted by molar-refractivity contribution is 5.88. The van der Waals surface area contributed by atoms with Gasteiger partial charge in [0, 0.05) is 12.0 Å². The van der Waals surface area contributed by atoms with Crippen molar-refractivity contribution in [2.24, 2.45) is 5.92 Å². The van der Waals surface area contributed by atoms with E-state index in [4.69, 9.17) is 4.74 Å². The molecular weight excluding hydrogens is 529 g/mol. The molecule has 11 heteroatoms. The minimum Gasteiger partial charge on any atom is -0.370 e. The molecule has 0 radical (unpaired) electrons. The first kappa shape index (κ1) is 29.3. The van der Waals surface area contributed by atoms with Gasteiger partial charge in [0.2, 0.25) is 5.91 Å². The molecule has 4 rings (SSSR count). The smallest absolute Gasteiger partial charge is 0.370 e. The van der Waals surface area contributed by atoms with Gasteiger partial charge < -0.3 is 10.1 Å². The zero-order valence-corrected chi connectivity index (χ0v) is 22.0. The summed E-state index contributed by atoms with van der Waals surface area (Å²) in [5.41, 5.74) is -3.06. The lowest BCUT2D eigenvalue weighted by atomic mass is 9.80. The molecule has 1 saturated heterocycles. The first-order chi connectivity index (χ1) is 18.0. The number of rotatable bonds is 6. The van der Waals surface area contributed by atoms with Crippen LogP contribution in [0.1, 0.15) is 67.4 Å². The van der Waals surface area contributed by atoms with Gasteiger partial charge in [-0.3, -0.25) is 9.69 Å². The molecule has 2 fully saturated rings. The molecule has 39 heavy (non-hydrogen) atoms. The number of carbonyl (C=O) groups is 1. The van der Waals surface area contributed by atoms with E-state index in [1.165, 1.54) is 19.1 Å². The van der Waals surface area contributed by atoms with Crippen molar-refractivity contribution in [3.05, 3.63) is 70.5 Å². The molecule has 2 aromatic carbocycles. The van der Waals surface area contributed by atoms with E-state index in [1.54, 1.807) is 12.1 Å². The maximum Gasteiger partial charge on any atom is 0.416 e. The fourth-order valence-corrected chi connectivity index (χ4v) is 5.84. The van der Waals surface area contributed by atoms with Crippen molar-refractivity contribution in [3.8, 4) is 0 Å². The van der Waals surface area contributed by atoms with Gasteiger partial charge in [0.25, 0.3) is 0 Å². The molecule has 6 atom stereocenters. The van der Waals surface area contributed by atoms with Crippen LogP contribution >= 0.6 is 0 Å². The molecule has 0 bridgehead atoms. The van der Waals surface area contributed by atoms with Crippen LogP contribution in [0.25, 0.3) is 0 Å². The minimum absolute atomic E-state index is 0.0909. The lowest BCUT2D eigenvalue weighted by Gasteiger charge is -2.32. The average Bonchev–Trinajstić information content (AvgIpc) is 3.39. The molecule has 1 saturated carbocycles. The first-order valence-electron chi connectivity index (χ1n) is 12.7. The van der Waals surface area contributed by atoms with E-state index in [0.29, 0.717) is 31.4 Å².